The molecule has 1 aliphatic rings. The summed E-state index contributed by atoms with van der Waals surface area (Å²) in [6.07, 6.45) is 4.54. The Labute approximate surface area is 280 Å². The van der Waals surface area contributed by atoms with E-state index in [1.165, 1.54) is 56.1 Å². The molecule has 46 heavy (non-hydrogen) atoms. The third-order valence-corrected chi connectivity index (χ3v) is 11.2. The van der Waals surface area contributed by atoms with Crippen molar-refractivity contribution in [1.29, 1.82) is 0 Å². The number of rotatable bonds is 3. The van der Waals surface area contributed by atoms with Gasteiger partial charge in [-0.2, -0.15) is 0 Å². The van der Waals surface area contributed by atoms with Crippen molar-refractivity contribution in [1.82, 2.24) is 0 Å². The van der Waals surface area contributed by atoms with E-state index in [2.05, 4.69) is 139 Å². The zero-order valence-corrected chi connectivity index (χ0v) is 32.1. The van der Waals surface area contributed by atoms with Gasteiger partial charge in [0.25, 0.3) is 0 Å². The number of hydrogen-bond donors (Lipinski definition) is 0. The van der Waals surface area contributed by atoms with Gasteiger partial charge in [-0.1, -0.05) is 138 Å². The first-order valence-electron chi connectivity index (χ1n) is 17.4. The fourth-order valence-corrected chi connectivity index (χ4v) is 8.88. The first-order chi connectivity index (χ1) is 21.2. The Bertz CT molecular complexity index is 1670. The topological polar surface area (TPSA) is 35.5 Å². The normalized spacial score (nSPS) is 18.4. The molecular weight excluding hydrogens is 583 g/mol. The monoisotopic (exact) mass is 642 g/mol. The quantitative estimate of drug-likeness (QED) is 0.223. The Hall–Kier alpha value is -2.48. The maximum atomic E-state index is 7.20. The van der Waals surface area contributed by atoms with Crippen molar-refractivity contribution in [2.24, 2.45) is 0 Å². The summed E-state index contributed by atoms with van der Waals surface area (Å²) in [6, 6.07) is 15.7. The summed E-state index contributed by atoms with van der Waals surface area (Å²) in [6.45, 7) is 32.3. The maximum absolute atomic E-state index is 7.20. The van der Waals surface area contributed by atoms with Gasteiger partial charge in [0, 0.05) is 27.8 Å². The second-order valence-electron chi connectivity index (χ2n) is 18.0. The molecule has 1 saturated carbocycles. The van der Waals surface area contributed by atoms with E-state index in [0.29, 0.717) is 5.92 Å². The van der Waals surface area contributed by atoms with Crippen molar-refractivity contribution in [3.8, 4) is 0 Å². The Morgan fingerprint density at radius 1 is 0.587 bits per heavy atom. The molecule has 1 aliphatic carbocycles. The molecule has 4 aromatic rings. The highest BCUT2D eigenvalue weighted by molar-refractivity contribution is 7.31. The van der Waals surface area contributed by atoms with E-state index in [4.69, 9.17) is 12.9 Å². The van der Waals surface area contributed by atoms with E-state index in [9.17, 15) is 0 Å². The SMILES string of the molecule is Cc1c(C(C)(C)C)cc(C(C)(C)C)c2op(O[C@H]3CCCC[C@@H]3c3ccccc3)oc3c(C(C)(C)C)cc(C(C)(C)C)c(C)c3c12. The Morgan fingerprint density at radius 2 is 1.00 bits per heavy atom. The third-order valence-electron chi connectivity index (χ3n) is 10.0. The number of hydrogen-bond acceptors (Lipinski definition) is 3. The second kappa shape index (κ2) is 12.2. The van der Waals surface area contributed by atoms with E-state index < -0.39 is 8.24 Å². The number of aryl methyl sites for hydroxylation is 2. The first kappa shape index (κ1) is 34.8. The third kappa shape index (κ3) is 6.75. The molecule has 1 heterocycles. The molecule has 1 aromatic heterocycles. The van der Waals surface area contributed by atoms with Crippen LogP contribution in [0.3, 0.4) is 0 Å². The molecule has 0 bridgehead atoms. The smallest absolute Gasteiger partial charge is 0.387 e. The van der Waals surface area contributed by atoms with Gasteiger partial charge in [0.05, 0.1) is 6.10 Å². The molecule has 0 unspecified atom stereocenters. The Balaban J connectivity index is 1.98. The van der Waals surface area contributed by atoms with Crippen molar-refractivity contribution in [3.63, 3.8) is 0 Å². The summed E-state index contributed by atoms with van der Waals surface area (Å²) in [4.78, 5) is 0. The van der Waals surface area contributed by atoms with E-state index in [-0.39, 0.29) is 27.8 Å². The zero-order valence-electron chi connectivity index (χ0n) is 31.2. The average molecular weight is 643 g/mol. The van der Waals surface area contributed by atoms with Crippen molar-refractivity contribution in [3.05, 3.63) is 81.4 Å². The van der Waals surface area contributed by atoms with Crippen LogP contribution in [0.25, 0.3) is 21.9 Å². The van der Waals surface area contributed by atoms with Crippen molar-refractivity contribution < 1.29 is 12.9 Å². The van der Waals surface area contributed by atoms with Gasteiger partial charge in [-0.15, -0.1) is 0 Å². The van der Waals surface area contributed by atoms with Crippen molar-refractivity contribution in [2.75, 3.05) is 0 Å². The van der Waals surface area contributed by atoms with Crippen LogP contribution in [0.15, 0.2) is 50.9 Å². The van der Waals surface area contributed by atoms with Crippen LogP contribution in [0.4, 0.5) is 0 Å². The number of benzene rings is 3. The van der Waals surface area contributed by atoms with Gasteiger partial charge in [0.15, 0.2) is 0 Å². The highest BCUT2D eigenvalue weighted by atomic mass is 31.1. The van der Waals surface area contributed by atoms with Crippen LogP contribution in [0.1, 0.15) is 154 Å². The van der Waals surface area contributed by atoms with Gasteiger partial charge < -0.3 is 8.39 Å². The van der Waals surface area contributed by atoms with Crippen LogP contribution in [-0.2, 0) is 21.7 Å². The summed E-state index contributed by atoms with van der Waals surface area (Å²) >= 11 is 0. The molecule has 0 aliphatic heterocycles. The van der Waals surface area contributed by atoms with Crippen molar-refractivity contribution >= 4 is 30.2 Å². The highest BCUT2D eigenvalue weighted by Crippen LogP contribution is 2.49. The van der Waals surface area contributed by atoms with Crippen LogP contribution >= 0.6 is 8.24 Å². The Kier molecular flexibility index (Phi) is 9.24. The minimum absolute atomic E-state index is 0.0355. The lowest BCUT2D eigenvalue weighted by atomic mass is 9.74. The first-order valence-corrected chi connectivity index (χ1v) is 18.5. The van der Waals surface area contributed by atoms with Crippen molar-refractivity contribution in [2.45, 2.75) is 156 Å². The zero-order chi connectivity index (χ0) is 34.0. The molecule has 0 spiro atoms. The fraction of sp³-hybridized carbons (Fsp3) is 0.571. The van der Waals surface area contributed by atoms with Crippen LogP contribution in [0.5, 0.6) is 0 Å². The highest BCUT2D eigenvalue weighted by Gasteiger charge is 2.34. The minimum Gasteiger partial charge on any atom is -0.399 e. The molecule has 2 atom stereocenters. The summed E-state index contributed by atoms with van der Waals surface area (Å²) in [7, 11) is -1.74. The van der Waals surface area contributed by atoms with Crippen LogP contribution in [-0.4, -0.2) is 6.10 Å². The summed E-state index contributed by atoms with van der Waals surface area (Å²) in [5.41, 5.74) is 10.5. The molecule has 0 N–H and O–H groups in total. The van der Waals surface area contributed by atoms with Gasteiger partial charge in [-0.25, -0.2) is 0 Å². The lowest BCUT2D eigenvalue weighted by molar-refractivity contribution is 0.172. The van der Waals surface area contributed by atoms with E-state index in [1.807, 2.05) is 0 Å². The molecular formula is C42H59O3P. The summed E-state index contributed by atoms with van der Waals surface area (Å²) < 4.78 is 21.5. The molecule has 0 saturated heterocycles. The second-order valence-corrected chi connectivity index (χ2v) is 19.0. The average Bonchev–Trinajstić information content (AvgIpc) is 3.09. The predicted octanol–water partition coefficient (Wildman–Crippen LogP) is 13.3. The lowest BCUT2D eigenvalue weighted by Crippen LogP contribution is -2.27. The summed E-state index contributed by atoms with van der Waals surface area (Å²) in [5, 5.41) is 2.36. The molecule has 3 aromatic carbocycles. The minimum atomic E-state index is -1.74. The fourth-order valence-electron chi connectivity index (χ4n) is 7.61. The van der Waals surface area contributed by atoms with Gasteiger partial charge in [0.2, 0.25) is 0 Å². The summed E-state index contributed by atoms with van der Waals surface area (Å²) in [5.74, 6) is 0.325. The van der Waals surface area contributed by atoms with Crippen LogP contribution in [0.2, 0.25) is 0 Å². The van der Waals surface area contributed by atoms with E-state index in [1.54, 1.807) is 0 Å². The van der Waals surface area contributed by atoms with Gasteiger partial charge in [-0.05, 0) is 76.2 Å². The number of fused-ring (bicyclic) bond motifs is 3. The molecule has 4 heteroatoms. The van der Waals surface area contributed by atoms with Gasteiger partial charge >= 0.3 is 8.24 Å². The lowest BCUT2D eigenvalue weighted by Gasteiger charge is -2.30. The Morgan fingerprint density at radius 3 is 1.41 bits per heavy atom. The predicted molar refractivity (Wildman–Crippen MR) is 199 cm³/mol. The van der Waals surface area contributed by atoms with E-state index >= 15 is 0 Å². The maximum Gasteiger partial charge on any atom is 0.387 e. The standard InChI is InChI=1S/C42H59O3P/c1-26-30(39(3,4)5)24-32(41(9,10)11)37-35(26)36-27(2)31(40(6,7)8)25-33(42(12,13)14)38(36)45-46(44-37)43-34-23-19-18-22-29(34)28-20-16-15-17-21-28/h15-17,20-21,24-25,29,34H,18-19,22-23H2,1-14H3/t29-,34+/m1/s1. The molecule has 250 valence electrons. The van der Waals surface area contributed by atoms with Crippen LogP contribution in [0, 0.1) is 13.8 Å². The molecule has 3 nitrogen and oxygen atoms in total. The van der Waals surface area contributed by atoms with Gasteiger partial charge in [-0.3, -0.25) is 4.52 Å². The van der Waals surface area contributed by atoms with Gasteiger partial charge in [0.1, 0.15) is 11.2 Å². The van der Waals surface area contributed by atoms with E-state index in [0.717, 1.165) is 30.4 Å². The molecule has 0 radical (unpaired) electrons. The molecule has 5 rings (SSSR count). The largest absolute Gasteiger partial charge is 0.399 e. The molecule has 0 amide bonds. The molecule has 1 fully saturated rings. The van der Waals surface area contributed by atoms with Crippen LogP contribution < -0.4 is 4.52 Å².